The van der Waals surface area contributed by atoms with Gasteiger partial charge in [0.15, 0.2) is 5.82 Å². The van der Waals surface area contributed by atoms with Crippen molar-refractivity contribution < 1.29 is 9.53 Å². The highest BCUT2D eigenvalue weighted by atomic mass is 79.9. The normalized spacial score (nSPS) is 10.1. The van der Waals surface area contributed by atoms with Crippen LogP contribution in [-0.4, -0.2) is 31.2 Å². The first kappa shape index (κ1) is 13.9. The predicted molar refractivity (Wildman–Crippen MR) is 68.6 cm³/mol. The van der Waals surface area contributed by atoms with Crippen molar-refractivity contribution in [3.63, 3.8) is 0 Å². The Hall–Kier alpha value is -1.18. The lowest BCUT2D eigenvalue weighted by atomic mass is 10.2. The molecule has 1 rings (SSSR count). The van der Waals surface area contributed by atoms with Crippen LogP contribution in [0.15, 0.2) is 16.7 Å². The minimum Gasteiger partial charge on any atom is -0.385 e. The molecule has 0 aromatic carbocycles. The van der Waals surface area contributed by atoms with Gasteiger partial charge in [-0.15, -0.1) is 0 Å². The number of anilines is 1. The van der Waals surface area contributed by atoms with Crippen LogP contribution in [0.4, 0.5) is 5.82 Å². The van der Waals surface area contributed by atoms with Crippen LogP contribution < -0.4 is 16.6 Å². The first-order valence-corrected chi connectivity index (χ1v) is 5.87. The molecule has 94 valence electrons. The van der Waals surface area contributed by atoms with E-state index in [4.69, 9.17) is 10.6 Å². The van der Waals surface area contributed by atoms with Crippen LogP contribution in [0.1, 0.15) is 16.8 Å². The standard InChI is InChI=1S/C10H15BrN4O2/c1-17-4-2-3-13-10(16)8-5-7(11)6-14-9(8)15-12/h5-6H,2-4,12H2,1H3,(H,13,16)(H,14,15). The van der Waals surface area contributed by atoms with E-state index in [-0.39, 0.29) is 5.91 Å². The fourth-order valence-corrected chi connectivity index (χ4v) is 1.57. The summed E-state index contributed by atoms with van der Waals surface area (Å²) in [5.41, 5.74) is 2.79. The van der Waals surface area contributed by atoms with Crippen molar-refractivity contribution >= 4 is 27.7 Å². The molecule has 0 bridgehead atoms. The van der Waals surface area contributed by atoms with Gasteiger partial charge in [-0.25, -0.2) is 10.8 Å². The van der Waals surface area contributed by atoms with Crippen LogP contribution in [0.2, 0.25) is 0 Å². The number of ether oxygens (including phenoxy) is 1. The van der Waals surface area contributed by atoms with Crippen molar-refractivity contribution in [2.75, 3.05) is 25.7 Å². The topological polar surface area (TPSA) is 89.3 Å². The molecule has 7 heteroatoms. The lowest BCUT2D eigenvalue weighted by molar-refractivity contribution is 0.0949. The van der Waals surface area contributed by atoms with Gasteiger partial charge in [0.1, 0.15) is 0 Å². The second-order valence-electron chi connectivity index (χ2n) is 3.30. The summed E-state index contributed by atoms with van der Waals surface area (Å²) < 4.78 is 5.61. The maximum Gasteiger partial charge on any atom is 0.255 e. The number of nitrogens with two attached hydrogens (primary N) is 1. The smallest absolute Gasteiger partial charge is 0.255 e. The maximum absolute atomic E-state index is 11.8. The first-order chi connectivity index (χ1) is 8.19. The van der Waals surface area contributed by atoms with Crippen molar-refractivity contribution in [2.45, 2.75) is 6.42 Å². The third kappa shape index (κ3) is 4.29. The number of carbonyl (C=O) groups excluding carboxylic acids is 1. The number of carbonyl (C=O) groups is 1. The number of hydrogen-bond acceptors (Lipinski definition) is 5. The molecule has 0 aliphatic heterocycles. The summed E-state index contributed by atoms with van der Waals surface area (Å²) in [6.45, 7) is 1.15. The molecule has 1 amide bonds. The van der Waals surface area contributed by atoms with E-state index in [0.717, 1.165) is 10.9 Å². The number of hydrogen-bond donors (Lipinski definition) is 3. The van der Waals surface area contributed by atoms with Crippen LogP contribution in [0.3, 0.4) is 0 Å². The number of hydrazine groups is 1. The molecule has 0 saturated carbocycles. The SMILES string of the molecule is COCCCNC(=O)c1cc(Br)cnc1NN. The van der Waals surface area contributed by atoms with E-state index in [2.05, 4.69) is 31.7 Å². The Balaban J connectivity index is 2.64. The van der Waals surface area contributed by atoms with Crippen molar-refractivity contribution in [1.82, 2.24) is 10.3 Å². The molecule has 0 unspecified atom stereocenters. The fourth-order valence-electron chi connectivity index (χ4n) is 1.24. The van der Waals surface area contributed by atoms with Crippen LogP contribution in [0, 0.1) is 0 Å². The number of pyridine rings is 1. The van der Waals surface area contributed by atoms with Gasteiger partial charge in [-0.2, -0.15) is 0 Å². The predicted octanol–water partition coefficient (Wildman–Crippen LogP) is 0.896. The molecular formula is C10H15BrN4O2. The van der Waals surface area contributed by atoms with Crippen LogP contribution in [-0.2, 0) is 4.74 Å². The average molecular weight is 303 g/mol. The molecule has 1 aromatic heterocycles. The Bertz CT molecular complexity index is 387. The number of nitrogen functional groups attached to an aromatic ring is 1. The number of rotatable bonds is 6. The Morgan fingerprint density at radius 1 is 1.65 bits per heavy atom. The average Bonchev–Trinajstić information content (AvgIpc) is 2.34. The third-order valence-corrected chi connectivity index (χ3v) is 2.48. The molecule has 1 heterocycles. The highest BCUT2D eigenvalue weighted by Gasteiger charge is 2.12. The number of amides is 1. The molecule has 0 spiro atoms. The van der Waals surface area contributed by atoms with Gasteiger partial charge in [-0.05, 0) is 28.4 Å². The molecular weight excluding hydrogens is 288 g/mol. The van der Waals surface area contributed by atoms with Crippen molar-refractivity contribution in [3.8, 4) is 0 Å². The quantitative estimate of drug-likeness (QED) is 0.413. The summed E-state index contributed by atoms with van der Waals surface area (Å²) in [6.07, 6.45) is 2.33. The van der Waals surface area contributed by atoms with Gasteiger partial charge in [0.05, 0.1) is 5.56 Å². The second-order valence-corrected chi connectivity index (χ2v) is 4.21. The molecule has 6 nitrogen and oxygen atoms in total. The monoisotopic (exact) mass is 302 g/mol. The van der Waals surface area contributed by atoms with Gasteiger partial charge in [-0.1, -0.05) is 0 Å². The number of nitrogens with one attached hydrogen (secondary N) is 2. The van der Waals surface area contributed by atoms with E-state index in [0.29, 0.717) is 24.5 Å². The minimum atomic E-state index is -0.220. The third-order valence-electron chi connectivity index (χ3n) is 2.05. The van der Waals surface area contributed by atoms with E-state index in [9.17, 15) is 4.79 Å². The molecule has 0 fully saturated rings. The number of methoxy groups -OCH3 is 1. The van der Waals surface area contributed by atoms with Gasteiger partial charge in [0.2, 0.25) is 0 Å². The molecule has 0 saturated heterocycles. The lowest BCUT2D eigenvalue weighted by Crippen LogP contribution is -2.27. The molecule has 0 radical (unpaired) electrons. The summed E-state index contributed by atoms with van der Waals surface area (Å²) >= 11 is 3.26. The summed E-state index contributed by atoms with van der Waals surface area (Å²) in [4.78, 5) is 15.8. The van der Waals surface area contributed by atoms with Crippen LogP contribution in [0.5, 0.6) is 0 Å². The van der Waals surface area contributed by atoms with E-state index in [1.165, 1.54) is 0 Å². The number of aromatic nitrogens is 1. The van der Waals surface area contributed by atoms with Crippen molar-refractivity contribution in [2.24, 2.45) is 5.84 Å². The minimum absolute atomic E-state index is 0.220. The van der Waals surface area contributed by atoms with E-state index in [1.54, 1.807) is 19.4 Å². The Morgan fingerprint density at radius 3 is 3.06 bits per heavy atom. The maximum atomic E-state index is 11.8. The first-order valence-electron chi connectivity index (χ1n) is 5.08. The fraction of sp³-hybridized carbons (Fsp3) is 0.400. The Morgan fingerprint density at radius 2 is 2.41 bits per heavy atom. The molecule has 0 aliphatic carbocycles. The summed E-state index contributed by atoms with van der Waals surface area (Å²) in [6, 6.07) is 1.66. The highest BCUT2D eigenvalue weighted by Crippen LogP contribution is 2.16. The van der Waals surface area contributed by atoms with Gasteiger partial charge >= 0.3 is 0 Å². The summed E-state index contributed by atoms with van der Waals surface area (Å²) in [7, 11) is 1.62. The van der Waals surface area contributed by atoms with Crippen LogP contribution in [0.25, 0.3) is 0 Å². The van der Waals surface area contributed by atoms with Gasteiger partial charge < -0.3 is 15.5 Å². The van der Waals surface area contributed by atoms with E-state index in [1.807, 2.05) is 0 Å². The number of nitrogens with zero attached hydrogens (tertiary/aromatic N) is 1. The summed E-state index contributed by atoms with van der Waals surface area (Å²) in [5, 5.41) is 2.76. The zero-order valence-corrected chi connectivity index (χ0v) is 11.1. The number of halogens is 1. The van der Waals surface area contributed by atoms with E-state index < -0.39 is 0 Å². The molecule has 4 N–H and O–H groups in total. The van der Waals surface area contributed by atoms with E-state index >= 15 is 0 Å². The zero-order chi connectivity index (χ0) is 12.7. The van der Waals surface area contributed by atoms with Gasteiger partial charge in [-0.3, -0.25) is 4.79 Å². The lowest BCUT2D eigenvalue weighted by Gasteiger charge is -2.09. The second kappa shape index (κ2) is 7.21. The molecule has 1 aromatic rings. The van der Waals surface area contributed by atoms with Crippen molar-refractivity contribution in [1.29, 1.82) is 0 Å². The molecule has 0 atom stereocenters. The largest absolute Gasteiger partial charge is 0.385 e. The Kier molecular flexibility index (Phi) is 5.88. The molecule has 0 aliphatic rings. The molecule has 17 heavy (non-hydrogen) atoms. The van der Waals surface area contributed by atoms with Crippen LogP contribution >= 0.6 is 15.9 Å². The van der Waals surface area contributed by atoms with Gasteiger partial charge in [0.25, 0.3) is 5.91 Å². The summed E-state index contributed by atoms with van der Waals surface area (Å²) in [5.74, 6) is 5.41. The van der Waals surface area contributed by atoms with Gasteiger partial charge in [0, 0.05) is 30.9 Å². The van der Waals surface area contributed by atoms with Crippen molar-refractivity contribution in [3.05, 3.63) is 22.3 Å². The Labute approximate surface area is 108 Å². The highest BCUT2D eigenvalue weighted by molar-refractivity contribution is 9.10. The zero-order valence-electron chi connectivity index (χ0n) is 9.50.